The van der Waals surface area contributed by atoms with E-state index in [4.69, 9.17) is 0 Å². The number of hydrogen-bond acceptors (Lipinski definition) is 2. The van der Waals surface area contributed by atoms with Crippen LogP contribution in [0.2, 0.25) is 0 Å². The monoisotopic (exact) mass is 282 g/mol. The molecule has 0 bridgehead atoms. The van der Waals surface area contributed by atoms with Crippen LogP contribution in [0.15, 0.2) is 54.6 Å². The first-order chi connectivity index (χ1) is 10.2. The second-order valence-corrected chi connectivity index (χ2v) is 5.14. The number of aryl methyl sites for hydroxylation is 1. The van der Waals surface area contributed by atoms with Crippen LogP contribution in [0, 0.1) is 6.92 Å². The summed E-state index contributed by atoms with van der Waals surface area (Å²) in [6.07, 6.45) is 0.497. The topological polar surface area (TPSA) is 32.3 Å². The van der Waals surface area contributed by atoms with Gasteiger partial charge in [0, 0.05) is 32.2 Å². The molecule has 0 aliphatic rings. The smallest absolute Gasteiger partial charge is 0.227 e. The quantitative estimate of drug-likeness (QED) is 0.826. The van der Waals surface area contributed by atoms with Gasteiger partial charge >= 0.3 is 0 Å². The first-order valence-electron chi connectivity index (χ1n) is 7.25. The van der Waals surface area contributed by atoms with Gasteiger partial charge in [-0.2, -0.15) is 0 Å². The molecule has 0 aliphatic carbocycles. The molecule has 0 radical (unpaired) electrons. The van der Waals surface area contributed by atoms with Crippen molar-refractivity contribution in [3.8, 4) is 0 Å². The van der Waals surface area contributed by atoms with Gasteiger partial charge in [0.15, 0.2) is 0 Å². The molecule has 3 nitrogen and oxygen atoms in total. The lowest BCUT2D eigenvalue weighted by Gasteiger charge is -2.17. The maximum Gasteiger partial charge on any atom is 0.227 e. The molecule has 0 fully saturated rings. The number of hydrogen-bond donors (Lipinski definition) is 1. The molecule has 0 unspecified atom stereocenters. The van der Waals surface area contributed by atoms with Crippen LogP contribution in [0.5, 0.6) is 0 Å². The summed E-state index contributed by atoms with van der Waals surface area (Å²) in [5.41, 5.74) is 3.49. The largest absolute Gasteiger partial charge is 0.315 e. The molecule has 110 valence electrons. The third-order valence-electron chi connectivity index (χ3n) is 3.61. The predicted molar refractivity (Wildman–Crippen MR) is 87.4 cm³/mol. The van der Waals surface area contributed by atoms with E-state index >= 15 is 0 Å². The first-order valence-corrected chi connectivity index (χ1v) is 7.25. The Morgan fingerprint density at radius 2 is 1.71 bits per heavy atom. The van der Waals surface area contributed by atoms with Crippen LogP contribution >= 0.6 is 0 Å². The van der Waals surface area contributed by atoms with Crippen LogP contribution in [-0.4, -0.2) is 19.5 Å². The Morgan fingerprint density at radius 3 is 2.43 bits per heavy atom. The average Bonchev–Trinajstić information content (AvgIpc) is 2.53. The van der Waals surface area contributed by atoms with Crippen LogP contribution in [0.3, 0.4) is 0 Å². The van der Waals surface area contributed by atoms with E-state index in [1.54, 1.807) is 4.90 Å². The van der Waals surface area contributed by atoms with Gasteiger partial charge in [-0.1, -0.05) is 42.5 Å². The molecular weight excluding hydrogens is 260 g/mol. The highest BCUT2D eigenvalue weighted by molar-refractivity contribution is 5.92. The molecule has 0 aliphatic heterocycles. The zero-order valence-corrected chi connectivity index (χ0v) is 12.7. The average molecular weight is 282 g/mol. The zero-order valence-electron chi connectivity index (χ0n) is 12.7. The van der Waals surface area contributed by atoms with E-state index in [2.05, 4.69) is 24.4 Å². The zero-order chi connectivity index (χ0) is 15.1. The van der Waals surface area contributed by atoms with Crippen LogP contribution in [0.4, 0.5) is 5.69 Å². The second kappa shape index (κ2) is 7.60. The number of para-hydroxylation sites is 1. The number of carbonyl (C=O) groups is 1. The number of anilines is 1. The van der Waals surface area contributed by atoms with Crippen molar-refractivity contribution < 1.29 is 4.79 Å². The van der Waals surface area contributed by atoms with Gasteiger partial charge in [-0.15, -0.1) is 0 Å². The Labute approximate surface area is 126 Å². The number of rotatable bonds is 6. The van der Waals surface area contributed by atoms with Crippen LogP contribution in [0.1, 0.15) is 17.5 Å². The lowest BCUT2D eigenvalue weighted by molar-refractivity contribution is -0.118. The Bertz CT molecular complexity index is 581. The Kier molecular flexibility index (Phi) is 5.52. The van der Waals surface area contributed by atoms with Crippen molar-refractivity contribution in [1.82, 2.24) is 5.32 Å². The fraction of sp³-hybridized carbons (Fsp3) is 0.278. The summed E-state index contributed by atoms with van der Waals surface area (Å²) in [5.74, 6) is 0.124. The lowest BCUT2D eigenvalue weighted by atomic mass is 10.1. The third kappa shape index (κ3) is 4.43. The summed E-state index contributed by atoms with van der Waals surface area (Å²) in [6, 6.07) is 18.0. The molecular formula is C18H22N2O. The maximum absolute atomic E-state index is 12.1. The van der Waals surface area contributed by atoms with Crippen molar-refractivity contribution in [3.05, 3.63) is 65.7 Å². The summed E-state index contributed by atoms with van der Waals surface area (Å²) < 4.78 is 0. The summed E-state index contributed by atoms with van der Waals surface area (Å²) >= 11 is 0. The molecule has 2 aromatic rings. The molecule has 0 aromatic heterocycles. The number of nitrogens with one attached hydrogen (secondary N) is 1. The maximum atomic E-state index is 12.1. The van der Waals surface area contributed by atoms with E-state index in [0.29, 0.717) is 13.0 Å². The van der Waals surface area contributed by atoms with E-state index in [-0.39, 0.29) is 5.91 Å². The van der Waals surface area contributed by atoms with Gasteiger partial charge in [-0.3, -0.25) is 4.79 Å². The molecule has 1 N–H and O–H groups in total. The van der Waals surface area contributed by atoms with Crippen LogP contribution < -0.4 is 10.2 Å². The summed E-state index contributed by atoms with van der Waals surface area (Å²) in [4.78, 5) is 13.8. The van der Waals surface area contributed by atoms with Crippen molar-refractivity contribution in [2.24, 2.45) is 0 Å². The molecule has 0 saturated heterocycles. The molecule has 0 atom stereocenters. The van der Waals surface area contributed by atoms with Crippen molar-refractivity contribution in [1.29, 1.82) is 0 Å². The van der Waals surface area contributed by atoms with E-state index in [1.807, 2.05) is 49.5 Å². The lowest BCUT2D eigenvalue weighted by Crippen LogP contribution is -2.29. The summed E-state index contributed by atoms with van der Waals surface area (Å²) in [6.45, 7) is 3.59. The first kappa shape index (κ1) is 15.3. The minimum absolute atomic E-state index is 0.124. The molecule has 0 saturated carbocycles. The highest BCUT2D eigenvalue weighted by Crippen LogP contribution is 2.12. The summed E-state index contributed by atoms with van der Waals surface area (Å²) in [7, 11) is 1.82. The SMILES string of the molecule is Cc1ccccc1CNCCC(=O)N(C)c1ccccc1. The van der Waals surface area contributed by atoms with Gasteiger partial charge in [0.05, 0.1) is 0 Å². The minimum Gasteiger partial charge on any atom is -0.315 e. The fourth-order valence-electron chi connectivity index (χ4n) is 2.19. The standard InChI is InChI=1S/C18H22N2O/c1-15-8-6-7-9-16(15)14-19-13-12-18(21)20(2)17-10-4-3-5-11-17/h3-11,19H,12-14H2,1-2H3. The minimum atomic E-state index is 0.124. The number of amides is 1. The molecule has 3 heteroatoms. The molecule has 1 amide bonds. The van der Waals surface area contributed by atoms with Crippen molar-refractivity contribution >= 4 is 11.6 Å². The van der Waals surface area contributed by atoms with Gasteiger partial charge in [0.25, 0.3) is 0 Å². The molecule has 0 heterocycles. The van der Waals surface area contributed by atoms with E-state index in [9.17, 15) is 4.79 Å². The predicted octanol–water partition coefficient (Wildman–Crippen LogP) is 3.14. The number of carbonyl (C=O) groups excluding carboxylic acids is 1. The third-order valence-corrected chi connectivity index (χ3v) is 3.61. The fourth-order valence-corrected chi connectivity index (χ4v) is 2.19. The molecule has 2 rings (SSSR count). The van der Waals surface area contributed by atoms with Gasteiger partial charge in [0.2, 0.25) is 5.91 Å². The molecule has 21 heavy (non-hydrogen) atoms. The Hall–Kier alpha value is -2.13. The Balaban J connectivity index is 1.76. The highest BCUT2D eigenvalue weighted by atomic mass is 16.2. The van der Waals surface area contributed by atoms with Crippen LogP contribution in [0.25, 0.3) is 0 Å². The highest BCUT2D eigenvalue weighted by Gasteiger charge is 2.09. The van der Waals surface area contributed by atoms with Gasteiger partial charge < -0.3 is 10.2 Å². The van der Waals surface area contributed by atoms with Crippen LogP contribution in [-0.2, 0) is 11.3 Å². The molecule has 2 aromatic carbocycles. The van der Waals surface area contributed by atoms with Gasteiger partial charge in [0.1, 0.15) is 0 Å². The second-order valence-electron chi connectivity index (χ2n) is 5.14. The normalized spacial score (nSPS) is 10.4. The summed E-state index contributed by atoms with van der Waals surface area (Å²) in [5, 5.41) is 3.33. The van der Waals surface area contributed by atoms with E-state index in [1.165, 1.54) is 11.1 Å². The van der Waals surface area contributed by atoms with Crippen molar-refractivity contribution in [2.75, 3.05) is 18.5 Å². The number of benzene rings is 2. The van der Waals surface area contributed by atoms with Gasteiger partial charge in [-0.25, -0.2) is 0 Å². The number of nitrogens with zero attached hydrogens (tertiary/aromatic N) is 1. The molecule has 0 spiro atoms. The Morgan fingerprint density at radius 1 is 1.05 bits per heavy atom. The van der Waals surface area contributed by atoms with E-state index in [0.717, 1.165) is 12.2 Å². The van der Waals surface area contributed by atoms with E-state index < -0.39 is 0 Å². The van der Waals surface area contributed by atoms with Gasteiger partial charge in [-0.05, 0) is 30.2 Å². The van der Waals surface area contributed by atoms with Crippen molar-refractivity contribution in [3.63, 3.8) is 0 Å². The van der Waals surface area contributed by atoms with Crippen molar-refractivity contribution in [2.45, 2.75) is 19.9 Å².